The number of ether oxygens (including phenoxy) is 1. The molecular formula is C15H20F3N3O2. The Morgan fingerprint density at radius 1 is 1.17 bits per heavy atom. The molecule has 5 nitrogen and oxygen atoms in total. The van der Waals surface area contributed by atoms with Crippen LogP contribution < -0.4 is 10.6 Å². The Balaban J connectivity index is 1.66. The Morgan fingerprint density at radius 3 is 2.43 bits per heavy atom. The number of rotatable bonds is 5. The molecule has 0 atom stereocenters. The monoisotopic (exact) mass is 331 g/mol. The van der Waals surface area contributed by atoms with Crippen LogP contribution in [0.1, 0.15) is 12.0 Å². The van der Waals surface area contributed by atoms with Gasteiger partial charge in [0.1, 0.15) is 0 Å². The molecule has 23 heavy (non-hydrogen) atoms. The summed E-state index contributed by atoms with van der Waals surface area (Å²) in [6, 6.07) is 3.92. The lowest BCUT2D eigenvalue weighted by atomic mass is 10.2. The molecule has 2 amide bonds. The van der Waals surface area contributed by atoms with Crippen LogP contribution in [0.2, 0.25) is 0 Å². The van der Waals surface area contributed by atoms with Gasteiger partial charge in [-0.15, -0.1) is 0 Å². The molecule has 0 bridgehead atoms. The number of alkyl halides is 3. The van der Waals surface area contributed by atoms with Gasteiger partial charge in [-0.25, -0.2) is 4.79 Å². The molecule has 0 aromatic heterocycles. The molecule has 1 aliphatic rings. The summed E-state index contributed by atoms with van der Waals surface area (Å²) in [6.45, 7) is 4.66. The third kappa shape index (κ3) is 6.07. The first kappa shape index (κ1) is 17.6. The van der Waals surface area contributed by atoms with Gasteiger partial charge in [-0.05, 0) is 37.2 Å². The van der Waals surface area contributed by atoms with Crippen LogP contribution in [0.15, 0.2) is 24.3 Å². The van der Waals surface area contributed by atoms with Gasteiger partial charge in [-0.1, -0.05) is 0 Å². The fourth-order valence-electron chi connectivity index (χ4n) is 2.25. The fourth-order valence-corrected chi connectivity index (χ4v) is 2.25. The maximum atomic E-state index is 12.4. The zero-order valence-electron chi connectivity index (χ0n) is 12.7. The van der Waals surface area contributed by atoms with Crippen molar-refractivity contribution in [2.45, 2.75) is 12.6 Å². The topological polar surface area (TPSA) is 53.6 Å². The Bertz CT molecular complexity index is 500. The summed E-state index contributed by atoms with van der Waals surface area (Å²) in [5, 5.41) is 5.19. The molecule has 1 fully saturated rings. The number of anilines is 1. The van der Waals surface area contributed by atoms with Crippen LogP contribution in [-0.4, -0.2) is 50.3 Å². The number of halogens is 3. The molecular weight excluding hydrogens is 311 g/mol. The molecule has 0 aliphatic carbocycles. The number of nitrogens with one attached hydrogen (secondary N) is 2. The van der Waals surface area contributed by atoms with Crippen molar-refractivity contribution in [1.82, 2.24) is 10.2 Å². The van der Waals surface area contributed by atoms with Gasteiger partial charge in [-0.3, -0.25) is 4.90 Å². The molecule has 128 valence electrons. The van der Waals surface area contributed by atoms with E-state index >= 15 is 0 Å². The van der Waals surface area contributed by atoms with Crippen LogP contribution >= 0.6 is 0 Å². The molecule has 1 heterocycles. The molecule has 0 spiro atoms. The second-order valence-electron chi connectivity index (χ2n) is 5.26. The van der Waals surface area contributed by atoms with Crippen LogP contribution in [0.5, 0.6) is 0 Å². The Labute approximate surface area is 132 Å². The first-order valence-electron chi connectivity index (χ1n) is 7.47. The van der Waals surface area contributed by atoms with Gasteiger partial charge in [0.15, 0.2) is 0 Å². The van der Waals surface area contributed by atoms with E-state index in [1.807, 2.05) is 0 Å². The molecule has 1 aromatic rings. The molecule has 0 saturated carbocycles. The number of carbonyl (C=O) groups excluding carboxylic acids is 1. The van der Waals surface area contributed by atoms with Crippen LogP contribution in [0.25, 0.3) is 0 Å². The minimum absolute atomic E-state index is 0.323. The third-order valence-corrected chi connectivity index (χ3v) is 3.51. The lowest BCUT2D eigenvalue weighted by Crippen LogP contribution is -2.38. The van der Waals surface area contributed by atoms with E-state index < -0.39 is 17.8 Å². The maximum Gasteiger partial charge on any atom is 0.416 e. The van der Waals surface area contributed by atoms with Crippen molar-refractivity contribution >= 4 is 11.7 Å². The second kappa shape index (κ2) is 8.16. The van der Waals surface area contributed by atoms with E-state index in [1.165, 1.54) is 12.1 Å². The van der Waals surface area contributed by atoms with Gasteiger partial charge in [0, 0.05) is 25.3 Å². The molecule has 2 rings (SSSR count). The van der Waals surface area contributed by atoms with Crippen molar-refractivity contribution in [3.8, 4) is 0 Å². The lowest BCUT2D eigenvalue weighted by molar-refractivity contribution is -0.137. The maximum absolute atomic E-state index is 12.4. The average molecular weight is 331 g/mol. The predicted molar refractivity (Wildman–Crippen MR) is 80.3 cm³/mol. The summed E-state index contributed by atoms with van der Waals surface area (Å²) >= 11 is 0. The van der Waals surface area contributed by atoms with Crippen LogP contribution in [0.3, 0.4) is 0 Å². The number of nitrogens with zero attached hydrogens (tertiary/aromatic N) is 1. The van der Waals surface area contributed by atoms with Crippen molar-refractivity contribution in [1.29, 1.82) is 0 Å². The summed E-state index contributed by atoms with van der Waals surface area (Å²) in [6.07, 6.45) is -3.57. The minimum atomic E-state index is -4.37. The van der Waals surface area contributed by atoms with Crippen molar-refractivity contribution in [2.75, 3.05) is 44.7 Å². The van der Waals surface area contributed by atoms with Gasteiger partial charge < -0.3 is 15.4 Å². The van der Waals surface area contributed by atoms with E-state index in [9.17, 15) is 18.0 Å². The zero-order valence-corrected chi connectivity index (χ0v) is 12.7. The fraction of sp³-hybridized carbons (Fsp3) is 0.533. The van der Waals surface area contributed by atoms with Crippen molar-refractivity contribution in [3.05, 3.63) is 29.8 Å². The third-order valence-electron chi connectivity index (χ3n) is 3.51. The summed E-state index contributed by atoms with van der Waals surface area (Å²) in [7, 11) is 0. The molecule has 0 unspecified atom stereocenters. The first-order chi connectivity index (χ1) is 10.9. The summed E-state index contributed by atoms with van der Waals surface area (Å²) in [5.41, 5.74) is -0.419. The van der Waals surface area contributed by atoms with E-state index in [-0.39, 0.29) is 0 Å². The van der Waals surface area contributed by atoms with E-state index in [4.69, 9.17) is 4.74 Å². The minimum Gasteiger partial charge on any atom is -0.379 e. The average Bonchev–Trinajstić information content (AvgIpc) is 2.52. The zero-order chi connectivity index (χ0) is 16.7. The molecule has 8 heteroatoms. The van der Waals surface area contributed by atoms with Gasteiger partial charge in [0.25, 0.3) is 0 Å². The predicted octanol–water partition coefficient (Wildman–Crippen LogP) is 2.55. The second-order valence-corrected chi connectivity index (χ2v) is 5.26. The van der Waals surface area contributed by atoms with Crippen LogP contribution in [0, 0.1) is 0 Å². The molecule has 1 saturated heterocycles. The Kier molecular flexibility index (Phi) is 6.23. The molecule has 0 radical (unpaired) electrons. The summed E-state index contributed by atoms with van der Waals surface area (Å²) in [4.78, 5) is 13.9. The Hall–Kier alpha value is -1.80. The first-order valence-corrected chi connectivity index (χ1v) is 7.47. The highest BCUT2D eigenvalue weighted by molar-refractivity contribution is 5.89. The highest BCUT2D eigenvalue weighted by Crippen LogP contribution is 2.29. The van der Waals surface area contributed by atoms with Crippen LogP contribution in [-0.2, 0) is 10.9 Å². The number of carbonyl (C=O) groups is 1. The molecule has 2 N–H and O–H groups in total. The van der Waals surface area contributed by atoms with Gasteiger partial charge in [0.2, 0.25) is 0 Å². The van der Waals surface area contributed by atoms with Gasteiger partial charge in [-0.2, -0.15) is 13.2 Å². The van der Waals surface area contributed by atoms with E-state index in [2.05, 4.69) is 15.5 Å². The highest BCUT2D eigenvalue weighted by Gasteiger charge is 2.29. The van der Waals surface area contributed by atoms with E-state index in [0.717, 1.165) is 51.4 Å². The van der Waals surface area contributed by atoms with Crippen LogP contribution in [0.4, 0.5) is 23.7 Å². The number of urea groups is 1. The van der Waals surface area contributed by atoms with E-state index in [0.29, 0.717) is 12.2 Å². The Morgan fingerprint density at radius 2 is 1.83 bits per heavy atom. The van der Waals surface area contributed by atoms with Crippen molar-refractivity contribution in [3.63, 3.8) is 0 Å². The number of benzene rings is 1. The smallest absolute Gasteiger partial charge is 0.379 e. The SMILES string of the molecule is O=C(NCCCN1CCOCC1)Nc1ccc(C(F)(F)F)cc1. The lowest BCUT2D eigenvalue weighted by Gasteiger charge is -2.26. The highest BCUT2D eigenvalue weighted by atomic mass is 19.4. The largest absolute Gasteiger partial charge is 0.416 e. The number of hydrogen-bond acceptors (Lipinski definition) is 3. The van der Waals surface area contributed by atoms with Gasteiger partial charge >= 0.3 is 12.2 Å². The molecule has 1 aromatic carbocycles. The number of morpholine rings is 1. The number of hydrogen-bond donors (Lipinski definition) is 2. The van der Waals surface area contributed by atoms with Crippen molar-refractivity contribution in [2.24, 2.45) is 0 Å². The normalized spacial score (nSPS) is 16.1. The molecule has 1 aliphatic heterocycles. The summed E-state index contributed by atoms with van der Waals surface area (Å²) in [5.74, 6) is 0. The van der Waals surface area contributed by atoms with E-state index in [1.54, 1.807) is 0 Å². The van der Waals surface area contributed by atoms with Crippen molar-refractivity contribution < 1.29 is 22.7 Å². The summed E-state index contributed by atoms with van der Waals surface area (Å²) < 4.78 is 42.5. The quantitative estimate of drug-likeness (QED) is 0.816. The standard InChI is InChI=1S/C15H20F3N3O2/c16-15(17,18)12-2-4-13(5-3-12)20-14(22)19-6-1-7-21-8-10-23-11-9-21/h2-5H,1,6-11H2,(H2,19,20,22). The number of amides is 2. The van der Waals surface area contributed by atoms with Gasteiger partial charge in [0.05, 0.1) is 18.8 Å².